The van der Waals surface area contributed by atoms with Crippen molar-refractivity contribution in [1.29, 1.82) is 0 Å². The molecule has 0 aromatic heterocycles. The highest BCUT2D eigenvalue weighted by atomic mass is 16.6. The van der Waals surface area contributed by atoms with Crippen LogP contribution >= 0.6 is 0 Å². The third-order valence-electron chi connectivity index (χ3n) is 6.14. The molecule has 0 aliphatic rings. The fraction of sp³-hybridized carbons (Fsp3) is 0.281. The number of carbonyl (C=O) groups excluding carboxylic acids is 1. The van der Waals surface area contributed by atoms with E-state index in [9.17, 15) is 24.6 Å². The summed E-state index contributed by atoms with van der Waals surface area (Å²) in [4.78, 5) is 41.1. The van der Waals surface area contributed by atoms with E-state index in [0.717, 1.165) is 25.0 Å². The molecule has 0 aliphatic carbocycles. The molecule has 43 heavy (non-hydrogen) atoms. The largest absolute Gasteiger partial charge is 0.490 e. The number of carboxylic acid groups (broad SMARTS) is 2. The van der Waals surface area contributed by atoms with Gasteiger partial charge in [0.1, 0.15) is 36.6 Å². The Morgan fingerprint density at radius 3 is 2.07 bits per heavy atom. The number of para-hydroxylation sites is 1. The molecule has 11 nitrogen and oxygen atoms in total. The lowest BCUT2D eigenvalue weighted by atomic mass is 10.1. The Labute approximate surface area is 249 Å². The zero-order chi connectivity index (χ0) is 30.9. The maximum Gasteiger partial charge on any atom is 0.336 e. The number of rotatable bonds is 19. The third kappa shape index (κ3) is 11.0. The quantitative estimate of drug-likeness (QED) is 0.0890. The summed E-state index contributed by atoms with van der Waals surface area (Å²) in [5.41, 5.74) is 3.28. The van der Waals surface area contributed by atoms with Crippen molar-refractivity contribution in [3.63, 3.8) is 0 Å². The minimum Gasteiger partial charge on any atom is -0.490 e. The van der Waals surface area contributed by atoms with E-state index in [0.29, 0.717) is 37.4 Å². The van der Waals surface area contributed by atoms with E-state index < -0.39 is 17.8 Å². The van der Waals surface area contributed by atoms with Crippen LogP contribution in [0.1, 0.15) is 62.3 Å². The molecule has 3 rings (SSSR count). The second kappa shape index (κ2) is 17.7. The zero-order valence-electron chi connectivity index (χ0n) is 23.5. The molecular formula is C32H34N2O9. The van der Waals surface area contributed by atoms with Gasteiger partial charge in [-0.3, -0.25) is 9.63 Å². The average Bonchev–Trinajstić information content (AvgIpc) is 3.01. The van der Waals surface area contributed by atoms with Crippen LogP contribution in [0.5, 0.6) is 17.2 Å². The Kier molecular flexibility index (Phi) is 13.4. The molecule has 0 heterocycles. The number of benzene rings is 3. The van der Waals surface area contributed by atoms with Crippen LogP contribution in [0.25, 0.3) is 0 Å². The number of carbonyl (C=O) groups is 3. The van der Waals surface area contributed by atoms with Crippen LogP contribution in [0, 0.1) is 12.5 Å². The van der Waals surface area contributed by atoms with E-state index in [4.69, 9.17) is 25.5 Å². The van der Waals surface area contributed by atoms with Gasteiger partial charge >= 0.3 is 11.9 Å². The van der Waals surface area contributed by atoms with E-state index in [2.05, 4.69) is 10.8 Å². The lowest BCUT2D eigenvalue weighted by Gasteiger charge is -2.12. The summed E-state index contributed by atoms with van der Waals surface area (Å²) >= 11 is 0. The molecule has 0 spiro atoms. The second-order valence-electron chi connectivity index (χ2n) is 9.22. The summed E-state index contributed by atoms with van der Waals surface area (Å²) in [5, 5.41) is 21.7. The van der Waals surface area contributed by atoms with Crippen LogP contribution < -0.4 is 25.0 Å². The molecule has 4 N–H and O–H groups in total. The van der Waals surface area contributed by atoms with Gasteiger partial charge in [0, 0.05) is 13.1 Å². The molecular weight excluding hydrogens is 556 g/mol. The highest BCUT2D eigenvalue weighted by Gasteiger charge is 2.17. The number of nitrogens with one attached hydrogen (secondary N) is 2. The van der Waals surface area contributed by atoms with Gasteiger partial charge in [0.25, 0.3) is 5.91 Å². The summed E-state index contributed by atoms with van der Waals surface area (Å²) in [6.45, 7) is 1.61. The first kappa shape index (κ1) is 32.5. The molecule has 1 amide bonds. The molecule has 11 heteroatoms. The Bertz CT molecular complexity index is 1400. The number of hydrogen-bond donors (Lipinski definition) is 4. The molecule has 0 saturated heterocycles. The molecule has 0 radical (unpaired) electrons. The SMILES string of the molecule is C#COc1ccc(C(=O)NCCCCCCNOCc2ccc(OCCOc3ccccc3)cc2C(=O)O)c(C(=O)O)c1. The Balaban J connectivity index is 1.29. The monoisotopic (exact) mass is 590 g/mol. The van der Waals surface area contributed by atoms with E-state index in [1.165, 1.54) is 24.3 Å². The predicted octanol–water partition coefficient (Wildman–Crippen LogP) is 4.52. The summed E-state index contributed by atoms with van der Waals surface area (Å²) in [7, 11) is 0. The van der Waals surface area contributed by atoms with Gasteiger partial charge in [0.05, 0.1) is 23.3 Å². The highest BCUT2D eigenvalue weighted by Crippen LogP contribution is 2.20. The number of amides is 1. The molecule has 3 aromatic rings. The Morgan fingerprint density at radius 1 is 0.721 bits per heavy atom. The number of hydrogen-bond acceptors (Lipinski definition) is 8. The highest BCUT2D eigenvalue weighted by molar-refractivity contribution is 6.05. The van der Waals surface area contributed by atoms with E-state index >= 15 is 0 Å². The molecule has 0 atom stereocenters. The van der Waals surface area contributed by atoms with Crippen molar-refractivity contribution in [2.75, 3.05) is 26.3 Å². The zero-order valence-corrected chi connectivity index (χ0v) is 23.5. The number of aromatic carboxylic acids is 2. The summed E-state index contributed by atoms with van der Waals surface area (Å²) in [5.74, 6) is -1.50. The number of carboxylic acids is 2. The fourth-order valence-electron chi connectivity index (χ4n) is 4.01. The van der Waals surface area contributed by atoms with E-state index in [1.54, 1.807) is 12.1 Å². The molecule has 0 bridgehead atoms. The smallest absolute Gasteiger partial charge is 0.336 e. The van der Waals surface area contributed by atoms with Crippen LogP contribution in [0.3, 0.4) is 0 Å². The van der Waals surface area contributed by atoms with Gasteiger partial charge in [0.15, 0.2) is 0 Å². The molecule has 3 aromatic carbocycles. The minimum atomic E-state index is -1.26. The summed E-state index contributed by atoms with van der Waals surface area (Å²) in [6.07, 6.45) is 10.2. The first-order valence-electron chi connectivity index (χ1n) is 13.7. The summed E-state index contributed by atoms with van der Waals surface area (Å²) in [6, 6.07) is 18.2. The van der Waals surface area contributed by atoms with Crippen molar-refractivity contribution in [1.82, 2.24) is 10.8 Å². The Hall–Kier alpha value is -5.05. The van der Waals surface area contributed by atoms with Crippen LogP contribution in [0.2, 0.25) is 0 Å². The van der Waals surface area contributed by atoms with Crippen LogP contribution in [0.4, 0.5) is 0 Å². The molecule has 0 fully saturated rings. The molecule has 0 unspecified atom stereocenters. The molecule has 0 saturated carbocycles. The van der Waals surface area contributed by atoms with Gasteiger partial charge in [-0.1, -0.05) is 43.5 Å². The van der Waals surface area contributed by atoms with Gasteiger partial charge in [-0.15, -0.1) is 0 Å². The van der Waals surface area contributed by atoms with Gasteiger partial charge in [-0.2, -0.15) is 0 Å². The van der Waals surface area contributed by atoms with Crippen molar-refractivity contribution >= 4 is 17.8 Å². The minimum absolute atomic E-state index is 0.0277. The van der Waals surface area contributed by atoms with Crippen molar-refractivity contribution in [2.45, 2.75) is 32.3 Å². The van der Waals surface area contributed by atoms with Crippen LogP contribution in [-0.2, 0) is 11.4 Å². The van der Waals surface area contributed by atoms with Gasteiger partial charge < -0.3 is 29.7 Å². The summed E-state index contributed by atoms with van der Waals surface area (Å²) < 4.78 is 16.1. The number of ether oxygens (including phenoxy) is 3. The maximum atomic E-state index is 12.4. The molecule has 226 valence electrons. The molecule has 0 aliphatic heterocycles. The third-order valence-corrected chi connectivity index (χ3v) is 6.14. The first-order valence-corrected chi connectivity index (χ1v) is 13.7. The predicted molar refractivity (Wildman–Crippen MR) is 157 cm³/mol. The second-order valence-corrected chi connectivity index (χ2v) is 9.22. The van der Waals surface area contributed by atoms with Crippen molar-refractivity contribution in [2.24, 2.45) is 0 Å². The number of hydroxylamine groups is 1. The number of terminal acetylenes is 1. The van der Waals surface area contributed by atoms with E-state index in [1.807, 2.05) is 36.4 Å². The van der Waals surface area contributed by atoms with Crippen LogP contribution in [0.15, 0.2) is 66.7 Å². The van der Waals surface area contributed by atoms with Gasteiger partial charge in [-0.05, 0) is 60.9 Å². The van der Waals surface area contributed by atoms with Gasteiger partial charge in [-0.25, -0.2) is 15.1 Å². The first-order chi connectivity index (χ1) is 20.9. The van der Waals surface area contributed by atoms with Crippen molar-refractivity contribution < 1.29 is 43.6 Å². The van der Waals surface area contributed by atoms with Gasteiger partial charge in [0.2, 0.25) is 0 Å². The Morgan fingerprint density at radius 2 is 1.37 bits per heavy atom. The van der Waals surface area contributed by atoms with Crippen LogP contribution in [-0.4, -0.2) is 54.4 Å². The maximum absolute atomic E-state index is 12.4. The lowest BCUT2D eigenvalue weighted by Crippen LogP contribution is -2.26. The number of unbranched alkanes of at least 4 members (excludes halogenated alkanes) is 3. The standard InChI is InChI=1S/C32H34N2O9/c1-2-40-25-14-15-27(29(21-25)32(38)39)30(35)33-16-8-3-4-9-17-34-43-22-23-12-13-26(20-28(23)31(36)37)42-19-18-41-24-10-6-5-7-11-24/h1,5-7,10-15,20-21,34H,3-4,8-9,16-19,22H2,(H,33,35)(H,36,37)(H,38,39). The van der Waals surface area contributed by atoms with E-state index in [-0.39, 0.29) is 35.7 Å². The average molecular weight is 591 g/mol. The van der Waals surface area contributed by atoms with Crippen molar-refractivity contribution in [3.8, 4) is 29.8 Å². The fourth-order valence-corrected chi connectivity index (χ4v) is 4.01. The van der Waals surface area contributed by atoms with Crippen molar-refractivity contribution in [3.05, 3.63) is 89.0 Å². The lowest BCUT2D eigenvalue weighted by molar-refractivity contribution is 0.0263. The topological polar surface area (TPSA) is 153 Å². The normalized spacial score (nSPS) is 10.4.